The van der Waals surface area contributed by atoms with Crippen LogP contribution in [0.15, 0.2) is 30.3 Å². The van der Waals surface area contributed by atoms with E-state index in [9.17, 15) is 10.1 Å². The number of carbonyl (C=O) groups excluding carboxylic acids is 1. The molecule has 3 heterocycles. The molecule has 2 unspecified atom stereocenters. The van der Waals surface area contributed by atoms with Gasteiger partial charge in [0.05, 0.1) is 16.6 Å². The van der Waals surface area contributed by atoms with Crippen molar-refractivity contribution in [3.63, 3.8) is 0 Å². The van der Waals surface area contributed by atoms with Crippen LogP contribution in [0.5, 0.6) is 0 Å². The molecule has 1 amide bonds. The Bertz CT molecular complexity index is 1030. The van der Waals surface area contributed by atoms with Gasteiger partial charge in [-0.05, 0) is 38.1 Å². The molecule has 25 heavy (non-hydrogen) atoms. The first-order valence-electron chi connectivity index (χ1n) is 8.07. The van der Waals surface area contributed by atoms with E-state index in [-0.39, 0.29) is 23.8 Å². The fraction of sp³-hybridized carbons (Fsp3) is 0.278. The Morgan fingerprint density at radius 3 is 2.88 bits per heavy atom. The molecule has 3 aromatic rings. The van der Waals surface area contributed by atoms with E-state index >= 15 is 0 Å². The Balaban J connectivity index is 1.73. The lowest BCUT2D eigenvalue weighted by Gasteiger charge is -2.38. The van der Waals surface area contributed by atoms with Crippen molar-refractivity contribution >= 4 is 28.5 Å². The maximum Gasteiger partial charge on any atom is 0.290 e. The number of benzene rings is 1. The highest BCUT2D eigenvalue weighted by molar-refractivity contribution is 6.35. The quantitative estimate of drug-likeness (QED) is 0.725. The van der Waals surface area contributed by atoms with Gasteiger partial charge in [0, 0.05) is 18.3 Å². The maximum atomic E-state index is 13.0. The first-order valence-corrected chi connectivity index (χ1v) is 8.45. The zero-order valence-electron chi connectivity index (χ0n) is 13.8. The number of carbonyl (C=O) groups is 1. The molecule has 0 radical (unpaired) electrons. The normalized spacial score (nSPS) is 19.7. The van der Waals surface area contributed by atoms with Crippen LogP contribution in [0.4, 0.5) is 0 Å². The number of aromatic amines is 1. The Kier molecular flexibility index (Phi) is 3.55. The van der Waals surface area contributed by atoms with Crippen LogP contribution in [0.1, 0.15) is 47.9 Å². The largest absolute Gasteiger partial charge is 0.334 e. The van der Waals surface area contributed by atoms with Gasteiger partial charge in [-0.25, -0.2) is 4.98 Å². The molecular formula is C18H16ClN5O. The number of nitrogens with one attached hydrogen (secondary N) is 1. The second-order valence-electron chi connectivity index (χ2n) is 6.33. The van der Waals surface area contributed by atoms with Crippen LogP contribution in [0.25, 0.3) is 11.0 Å². The predicted molar refractivity (Wildman–Crippen MR) is 94.4 cm³/mol. The summed E-state index contributed by atoms with van der Waals surface area (Å²) < 4.78 is 2.00. The standard InChI is InChI=1S/C18H16ClN5O/c1-10-9-23(11(2)15-7-6-12(8-20)24(10)15)18(25)17-21-14-5-3-4-13(19)16(14)22-17/h3-7,10-11H,9H2,1-2H3,(H,21,22). The number of rotatable bonds is 1. The van der Waals surface area contributed by atoms with Gasteiger partial charge in [-0.1, -0.05) is 17.7 Å². The van der Waals surface area contributed by atoms with Crippen molar-refractivity contribution in [2.75, 3.05) is 6.54 Å². The second kappa shape index (κ2) is 5.64. The summed E-state index contributed by atoms with van der Waals surface area (Å²) in [5, 5.41) is 9.78. The Labute approximate surface area is 149 Å². The summed E-state index contributed by atoms with van der Waals surface area (Å²) in [6.45, 7) is 4.49. The molecule has 2 aromatic heterocycles. The van der Waals surface area contributed by atoms with E-state index in [0.717, 1.165) is 11.2 Å². The Morgan fingerprint density at radius 1 is 1.36 bits per heavy atom. The van der Waals surface area contributed by atoms with E-state index in [1.54, 1.807) is 17.0 Å². The lowest BCUT2D eigenvalue weighted by molar-refractivity contribution is 0.0598. The summed E-state index contributed by atoms with van der Waals surface area (Å²) in [6.07, 6.45) is 0. The third-order valence-electron chi connectivity index (χ3n) is 4.79. The predicted octanol–water partition coefficient (Wildman–Crippen LogP) is 3.67. The monoisotopic (exact) mass is 353 g/mol. The number of amides is 1. The SMILES string of the molecule is CC1c2ccc(C#N)n2C(C)CN1C(=O)c1nc2c(Cl)cccc2[nH]1. The topological polar surface area (TPSA) is 77.7 Å². The number of hydrogen-bond acceptors (Lipinski definition) is 3. The number of fused-ring (bicyclic) bond motifs is 2. The average Bonchev–Trinajstić information content (AvgIpc) is 3.22. The van der Waals surface area contributed by atoms with Gasteiger partial charge >= 0.3 is 0 Å². The van der Waals surface area contributed by atoms with Gasteiger partial charge in [0.2, 0.25) is 0 Å². The van der Waals surface area contributed by atoms with E-state index in [1.165, 1.54) is 0 Å². The molecule has 1 aliphatic heterocycles. The van der Waals surface area contributed by atoms with Crippen molar-refractivity contribution in [2.24, 2.45) is 0 Å². The first kappa shape index (κ1) is 15.7. The molecule has 0 aliphatic carbocycles. The average molecular weight is 354 g/mol. The molecule has 126 valence electrons. The number of aromatic nitrogens is 3. The number of para-hydroxylation sites is 1. The molecule has 1 aliphatic rings. The summed E-state index contributed by atoms with van der Waals surface area (Å²) in [5.74, 6) is 0.111. The molecular weight excluding hydrogens is 338 g/mol. The van der Waals surface area contributed by atoms with Crippen molar-refractivity contribution in [1.82, 2.24) is 19.4 Å². The highest BCUT2D eigenvalue weighted by Crippen LogP contribution is 2.33. The van der Waals surface area contributed by atoms with Gasteiger partial charge in [-0.15, -0.1) is 0 Å². The molecule has 0 saturated carbocycles. The van der Waals surface area contributed by atoms with E-state index in [0.29, 0.717) is 22.8 Å². The number of halogens is 1. The molecule has 0 fully saturated rings. The van der Waals surface area contributed by atoms with Gasteiger partial charge in [-0.3, -0.25) is 4.79 Å². The van der Waals surface area contributed by atoms with E-state index in [4.69, 9.17) is 11.6 Å². The number of nitriles is 1. The molecule has 0 saturated heterocycles. The minimum atomic E-state index is -0.169. The van der Waals surface area contributed by atoms with Crippen LogP contribution >= 0.6 is 11.6 Å². The highest BCUT2D eigenvalue weighted by atomic mass is 35.5. The van der Waals surface area contributed by atoms with Crippen LogP contribution in [0.3, 0.4) is 0 Å². The van der Waals surface area contributed by atoms with Gasteiger partial charge in [0.15, 0.2) is 5.82 Å². The lowest BCUT2D eigenvalue weighted by Crippen LogP contribution is -2.43. The number of nitrogens with zero attached hydrogens (tertiary/aromatic N) is 4. The minimum absolute atomic E-state index is 0.0211. The fourth-order valence-corrected chi connectivity index (χ4v) is 3.78. The van der Waals surface area contributed by atoms with Crippen molar-refractivity contribution in [1.29, 1.82) is 5.26 Å². The fourth-order valence-electron chi connectivity index (χ4n) is 3.56. The Morgan fingerprint density at radius 2 is 2.16 bits per heavy atom. The molecule has 6 nitrogen and oxygen atoms in total. The van der Waals surface area contributed by atoms with Crippen molar-refractivity contribution in [3.8, 4) is 6.07 Å². The third kappa shape index (κ3) is 2.31. The van der Waals surface area contributed by atoms with Crippen LogP contribution in [0.2, 0.25) is 5.02 Å². The van der Waals surface area contributed by atoms with Gasteiger partial charge in [0.25, 0.3) is 5.91 Å². The molecule has 1 N–H and O–H groups in total. The third-order valence-corrected chi connectivity index (χ3v) is 5.09. The zero-order chi connectivity index (χ0) is 17.7. The molecule has 0 bridgehead atoms. The highest BCUT2D eigenvalue weighted by Gasteiger charge is 2.34. The van der Waals surface area contributed by atoms with E-state index in [2.05, 4.69) is 16.0 Å². The summed E-state index contributed by atoms with van der Waals surface area (Å²) in [7, 11) is 0. The number of hydrogen-bond donors (Lipinski definition) is 1. The summed E-state index contributed by atoms with van der Waals surface area (Å²) in [4.78, 5) is 22.3. The molecule has 0 spiro atoms. The second-order valence-corrected chi connectivity index (χ2v) is 6.74. The number of H-pyrrole nitrogens is 1. The van der Waals surface area contributed by atoms with Crippen molar-refractivity contribution in [3.05, 3.63) is 52.6 Å². The zero-order valence-corrected chi connectivity index (χ0v) is 14.6. The van der Waals surface area contributed by atoms with E-state index < -0.39 is 0 Å². The maximum absolute atomic E-state index is 13.0. The summed E-state index contributed by atoms with van der Waals surface area (Å²) in [5.41, 5.74) is 2.92. The van der Waals surface area contributed by atoms with Crippen LogP contribution < -0.4 is 0 Å². The van der Waals surface area contributed by atoms with Gasteiger partial charge in [0.1, 0.15) is 17.3 Å². The smallest absolute Gasteiger partial charge is 0.290 e. The van der Waals surface area contributed by atoms with Crippen molar-refractivity contribution in [2.45, 2.75) is 25.9 Å². The molecule has 1 aromatic carbocycles. The molecule has 4 rings (SSSR count). The molecule has 7 heteroatoms. The Hall–Kier alpha value is -2.78. The van der Waals surface area contributed by atoms with Crippen LogP contribution in [-0.2, 0) is 0 Å². The van der Waals surface area contributed by atoms with Crippen molar-refractivity contribution < 1.29 is 4.79 Å². The summed E-state index contributed by atoms with van der Waals surface area (Å²) >= 11 is 6.16. The van der Waals surface area contributed by atoms with Gasteiger partial charge < -0.3 is 14.5 Å². The minimum Gasteiger partial charge on any atom is -0.334 e. The number of imidazole rings is 1. The molecule has 2 atom stereocenters. The van der Waals surface area contributed by atoms with Gasteiger partial charge in [-0.2, -0.15) is 5.26 Å². The lowest BCUT2D eigenvalue weighted by atomic mass is 10.1. The van der Waals surface area contributed by atoms with Crippen LogP contribution in [-0.4, -0.2) is 31.9 Å². The van der Waals surface area contributed by atoms with Crippen LogP contribution in [0, 0.1) is 11.3 Å². The summed E-state index contributed by atoms with van der Waals surface area (Å²) in [6, 6.07) is 11.2. The van der Waals surface area contributed by atoms with E-state index in [1.807, 2.05) is 36.6 Å². The first-order chi connectivity index (χ1) is 12.0.